The monoisotopic (exact) mass is 270 g/mol. The van der Waals surface area contributed by atoms with Gasteiger partial charge in [0.05, 0.1) is 11.9 Å². The molecular formula is C11H9F3N4O. The highest BCUT2D eigenvalue weighted by Gasteiger charge is 2.31. The molecule has 2 rings (SSSR count). The molecule has 0 fully saturated rings. The third-order valence-electron chi connectivity index (χ3n) is 2.07. The lowest BCUT2D eigenvalue weighted by Gasteiger charge is -2.11. The van der Waals surface area contributed by atoms with Gasteiger partial charge < -0.3 is 15.8 Å². The van der Waals surface area contributed by atoms with E-state index in [1.807, 2.05) is 0 Å². The number of nitrogens with one attached hydrogen (secondary N) is 1. The first-order valence-electron chi connectivity index (χ1n) is 5.12. The Morgan fingerprint density at radius 3 is 2.74 bits per heavy atom. The van der Waals surface area contributed by atoms with Gasteiger partial charge in [-0.1, -0.05) is 6.07 Å². The molecule has 1 aromatic carbocycles. The first kappa shape index (κ1) is 12.9. The molecule has 8 heteroatoms. The fraction of sp³-hybridized carbons (Fsp3) is 0.0909. The average molecular weight is 270 g/mol. The van der Waals surface area contributed by atoms with Gasteiger partial charge in [-0.25, -0.2) is 9.97 Å². The Kier molecular flexibility index (Phi) is 3.41. The average Bonchev–Trinajstić information content (AvgIpc) is 2.30. The number of hydrogen-bond acceptors (Lipinski definition) is 5. The van der Waals surface area contributed by atoms with Crippen LogP contribution >= 0.6 is 0 Å². The van der Waals surface area contributed by atoms with Crippen LogP contribution in [0.1, 0.15) is 0 Å². The molecular weight excluding hydrogens is 261 g/mol. The number of hydrogen-bond donors (Lipinski definition) is 2. The molecule has 19 heavy (non-hydrogen) atoms. The van der Waals surface area contributed by atoms with Crippen molar-refractivity contribution in [3.63, 3.8) is 0 Å². The molecule has 1 aromatic heterocycles. The molecule has 5 nitrogen and oxygen atoms in total. The van der Waals surface area contributed by atoms with Gasteiger partial charge in [-0.05, 0) is 12.1 Å². The topological polar surface area (TPSA) is 73.1 Å². The molecule has 0 unspecified atom stereocenters. The smallest absolute Gasteiger partial charge is 0.406 e. The van der Waals surface area contributed by atoms with Crippen molar-refractivity contribution in [3.05, 3.63) is 36.8 Å². The summed E-state index contributed by atoms with van der Waals surface area (Å²) in [4.78, 5) is 7.57. The molecule has 100 valence electrons. The van der Waals surface area contributed by atoms with Gasteiger partial charge in [-0.2, -0.15) is 0 Å². The summed E-state index contributed by atoms with van der Waals surface area (Å²) in [5, 5.41) is 2.77. The zero-order valence-electron chi connectivity index (χ0n) is 9.48. The third-order valence-corrected chi connectivity index (χ3v) is 2.07. The Labute approximate surface area is 106 Å². The van der Waals surface area contributed by atoms with Gasteiger partial charge in [0.25, 0.3) is 0 Å². The van der Waals surface area contributed by atoms with E-state index in [-0.39, 0.29) is 11.4 Å². The van der Waals surface area contributed by atoms with Crippen molar-refractivity contribution in [2.24, 2.45) is 0 Å². The molecule has 0 radical (unpaired) electrons. The van der Waals surface area contributed by atoms with Crippen LogP contribution in [0, 0.1) is 0 Å². The lowest BCUT2D eigenvalue weighted by molar-refractivity contribution is -0.274. The van der Waals surface area contributed by atoms with Crippen molar-refractivity contribution < 1.29 is 17.9 Å². The van der Waals surface area contributed by atoms with Gasteiger partial charge in [0.15, 0.2) is 5.82 Å². The largest absolute Gasteiger partial charge is 0.573 e. The van der Waals surface area contributed by atoms with E-state index in [9.17, 15) is 13.2 Å². The fourth-order valence-corrected chi connectivity index (χ4v) is 1.35. The summed E-state index contributed by atoms with van der Waals surface area (Å²) >= 11 is 0. The molecule has 0 aliphatic rings. The van der Waals surface area contributed by atoms with Crippen molar-refractivity contribution in [2.45, 2.75) is 6.36 Å². The number of halogens is 3. The Bertz CT molecular complexity index is 574. The van der Waals surface area contributed by atoms with Crippen molar-refractivity contribution >= 4 is 17.2 Å². The minimum absolute atomic E-state index is 0.282. The van der Waals surface area contributed by atoms with Crippen LogP contribution in [0.4, 0.5) is 30.4 Å². The van der Waals surface area contributed by atoms with Gasteiger partial charge in [0, 0.05) is 11.8 Å². The summed E-state index contributed by atoms with van der Waals surface area (Å²) in [6, 6.07) is 5.36. The predicted octanol–water partition coefficient (Wildman–Crippen LogP) is 2.70. The number of ether oxygens (including phenoxy) is 1. The predicted molar refractivity (Wildman–Crippen MR) is 62.9 cm³/mol. The normalized spacial score (nSPS) is 11.1. The van der Waals surface area contributed by atoms with Crippen LogP contribution in [-0.4, -0.2) is 16.3 Å². The van der Waals surface area contributed by atoms with E-state index in [2.05, 4.69) is 20.0 Å². The number of anilines is 3. The SMILES string of the molecule is Nc1cncnc1Nc1cccc(OC(F)(F)F)c1. The number of rotatable bonds is 3. The number of aromatic nitrogens is 2. The van der Waals surface area contributed by atoms with Gasteiger partial charge in [0.2, 0.25) is 0 Å². The molecule has 0 saturated heterocycles. The molecule has 0 atom stereocenters. The van der Waals surface area contributed by atoms with E-state index in [1.165, 1.54) is 30.7 Å². The number of benzene rings is 1. The maximum absolute atomic E-state index is 12.1. The molecule has 0 aliphatic heterocycles. The summed E-state index contributed by atoms with van der Waals surface area (Å²) in [7, 11) is 0. The highest BCUT2D eigenvalue weighted by Crippen LogP contribution is 2.27. The summed E-state index contributed by atoms with van der Waals surface area (Å²) in [6.07, 6.45) is -2.08. The Morgan fingerprint density at radius 1 is 1.26 bits per heavy atom. The molecule has 0 spiro atoms. The minimum atomic E-state index is -4.73. The summed E-state index contributed by atoms with van der Waals surface area (Å²) < 4.78 is 40.0. The van der Waals surface area contributed by atoms with Crippen LogP contribution in [0.2, 0.25) is 0 Å². The van der Waals surface area contributed by atoms with Crippen molar-refractivity contribution in [2.75, 3.05) is 11.1 Å². The lowest BCUT2D eigenvalue weighted by Crippen LogP contribution is -2.17. The standard InChI is InChI=1S/C11H9F3N4O/c12-11(13,14)19-8-3-1-2-7(4-8)18-10-9(15)5-16-6-17-10/h1-6H,15H2,(H,16,17,18). The maximum atomic E-state index is 12.1. The van der Waals surface area contributed by atoms with E-state index in [1.54, 1.807) is 6.07 Å². The Balaban J connectivity index is 2.18. The number of alkyl halides is 3. The second-order valence-electron chi connectivity index (χ2n) is 3.53. The van der Waals surface area contributed by atoms with Crippen LogP contribution in [0.3, 0.4) is 0 Å². The minimum Gasteiger partial charge on any atom is -0.406 e. The number of nitrogen functional groups attached to an aromatic ring is 1. The summed E-state index contributed by atoms with van der Waals surface area (Å²) in [5.74, 6) is -0.0238. The molecule has 0 amide bonds. The Morgan fingerprint density at radius 2 is 2.05 bits per heavy atom. The first-order chi connectivity index (χ1) is 8.94. The van der Waals surface area contributed by atoms with Crippen LogP contribution in [0.15, 0.2) is 36.8 Å². The summed E-state index contributed by atoms with van der Waals surface area (Å²) in [6.45, 7) is 0. The zero-order chi connectivity index (χ0) is 13.9. The first-order valence-corrected chi connectivity index (χ1v) is 5.12. The molecule has 0 saturated carbocycles. The third kappa shape index (κ3) is 3.73. The van der Waals surface area contributed by atoms with Gasteiger partial charge in [-0.3, -0.25) is 0 Å². The van der Waals surface area contributed by atoms with Crippen LogP contribution < -0.4 is 15.8 Å². The number of nitrogens with two attached hydrogens (primary N) is 1. The summed E-state index contributed by atoms with van der Waals surface area (Å²) in [5.41, 5.74) is 6.26. The molecule has 3 N–H and O–H groups in total. The maximum Gasteiger partial charge on any atom is 0.573 e. The number of nitrogens with zero attached hydrogens (tertiary/aromatic N) is 2. The van der Waals surface area contributed by atoms with Gasteiger partial charge in [0.1, 0.15) is 12.1 Å². The molecule has 1 heterocycles. The fourth-order valence-electron chi connectivity index (χ4n) is 1.35. The quantitative estimate of drug-likeness (QED) is 0.897. The molecule has 0 bridgehead atoms. The van der Waals surface area contributed by atoms with Crippen LogP contribution in [0.25, 0.3) is 0 Å². The van der Waals surface area contributed by atoms with E-state index >= 15 is 0 Å². The Hall–Kier alpha value is -2.51. The second kappa shape index (κ2) is 5.01. The highest BCUT2D eigenvalue weighted by atomic mass is 19.4. The van der Waals surface area contributed by atoms with Gasteiger partial charge in [-0.15, -0.1) is 13.2 Å². The van der Waals surface area contributed by atoms with Crippen LogP contribution in [0.5, 0.6) is 5.75 Å². The second-order valence-corrected chi connectivity index (χ2v) is 3.53. The van der Waals surface area contributed by atoms with Crippen molar-refractivity contribution in [3.8, 4) is 5.75 Å². The molecule has 0 aliphatic carbocycles. The van der Waals surface area contributed by atoms with E-state index in [4.69, 9.17) is 5.73 Å². The van der Waals surface area contributed by atoms with Crippen molar-refractivity contribution in [1.82, 2.24) is 9.97 Å². The van der Waals surface area contributed by atoms with Gasteiger partial charge >= 0.3 is 6.36 Å². The van der Waals surface area contributed by atoms with E-state index in [0.29, 0.717) is 11.5 Å². The van der Waals surface area contributed by atoms with Crippen LogP contribution in [-0.2, 0) is 0 Å². The van der Waals surface area contributed by atoms with Crippen molar-refractivity contribution in [1.29, 1.82) is 0 Å². The van der Waals surface area contributed by atoms with E-state index < -0.39 is 6.36 Å². The highest BCUT2D eigenvalue weighted by molar-refractivity contribution is 5.68. The zero-order valence-corrected chi connectivity index (χ0v) is 9.48. The van der Waals surface area contributed by atoms with E-state index in [0.717, 1.165) is 0 Å². The molecule has 2 aromatic rings. The lowest BCUT2D eigenvalue weighted by atomic mass is 10.3.